The first kappa shape index (κ1) is 9.01. The maximum Gasteiger partial charge on any atom is 0.0726 e. The summed E-state index contributed by atoms with van der Waals surface area (Å²) in [6, 6.07) is 0. The molecule has 0 fully saturated rings. The number of rotatable bonds is 0. The molecule has 13 heavy (non-hydrogen) atoms. The second kappa shape index (κ2) is 3.30. The summed E-state index contributed by atoms with van der Waals surface area (Å²) in [5, 5.41) is 9.49. The Kier molecular flexibility index (Phi) is 2.29. The minimum Gasteiger partial charge on any atom is -0.389 e. The lowest BCUT2D eigenvalue weighted by molar-refractivity contribution is 0.174. The molecule has 0 saturated heterocycles. The van der Waals surface area contributed by atoms with E-state index in [-0.39, 0.29) is 6.10 Å². The number of hydrogen-bond donors (Lipinski definition) is 1. The fraction of sp³-hybridized carbons (Fsp3) is 0.667. The summed E-state index contributed by atoms with van der Waals surface area (Å²) in [6.45, 7) is 4.60. The monoisotopic (exact) mass is 178 g/mol. The maximum atomic E-state index is 9.49. The van der Waals surface area contributed by atoms with Gasteiger partial charge in [-0.25, -0.2) is 0 Å². The Morgan fingerprint density at radius 2 is 2.08 bits per heavy atom. The van der Waals surface area contributed by atoms with Crippen LogP contribution in [0.5, 0.6) is 0 Å². The SMILES string of the molecule is CC1C=CC2=CC(O)CCC2C1C. The molecule has 4 atom stereocenters. The van der Waals surface area contributed by atoms with E-state index in [0.717, 1.165) is 18.8 Å². The molecule has 72 valence electrons. The smallest absolute Gasteiger partial charge is 0.0726 e. The van der Waals surface area contributed by atoms with Crippen molar-refractivity contribution in [1.82, 2.24) is 0 Å². The number of aliphatic hydroxyl groups is 1. The van der Waals surface area contributed by atoms with Gasteiger partial charge in [0, 0.05) is 0 Å². The van der Waals surface area contributed by atoms with E-state index in [1.54, 1.807) is 0 Å². The van der Waals surface area contributed by atoms with Gasteiger partial charge in [0.05, 0.1) is 6.10 Å². The summed E-state index contributed by atoms with van der Waals surface area (Å²) in [7, 11) is 0. The average molecular weight is 178 g/mol. The highest BCUT2D eigenvalue weighted by atomic mass is 16.3. The Bertz CT molecular complexity index is 252. The van der Waals surface area contributed by atoms with E-state index in [1.165, 1.54) is 5.57 Å². The van der Waals surface area contributed by atoms with Crippen LogP contribution in [0.4, 0.5) is 0 Å². The summed E-state index contributed by atoms with van der Waals surface area (Å²) in [6.07, 6.45) is 8.41. The Labute approximate surface area is 80.2 Å². The molecule has 4 unspecified atom stereocenters. The topological polar surface area (TPSA) is 20.2 Å². The van der Waals surface area contributed by atoms with E-state index >= 15 is 0 Å². The van der Waals surface area contributed by atoms with Crippen LogP contribution in [-0.2, 0) is 0 Å². The number of allylic oxidation sites excluding steroid dienone is 3. The minimum absolute atomic E-state index is 0.198. The molecule has 0 aromatic heterocycles. The van der Waals surface area contributed by atoms with E-state index in [2.05, 4.69) is 26.0 Å². The van der Waals surface area contributed by atoms with Crippen molar-refractivity contribution in [1.29, 1.82) is 0 Å². The molecule has 2 aliphatic rings. The zero-order valence-corrected chi connectivity index (χ0v) is 8.40. The van der Waals surface area contributed by atoms with Gasteiger partial charge in [-0.1, -0.05) is 32.1 Å². The van der Waals surface area contributed by atoms with Crippen molar-refractivity contribution < 1.29 is 5.11 Å². The van der Waals surface area contributed by atoms with E-state index < -0.39 is 0 Å². The van der Waals surface area contributed by atoms with Gasteiger partial charge in [0.1, 0.15) is 0 Å². The van der Waals surface area contributed by atoms with Gasteiger partial charge in [-0.05, 0) is 36.2 Å². The van der Waals surface area contributed by atoms with Crippen molar-refractivity contribution in [2.75, 3.05) is 0 Å². The number of hydrogen-bond acceptors (Lipinski definition) is 1. The third kappa shape index (κ3) is 1.58. The second-order valence-corrected chi connectivity index (χ2v) is 4.50. The Balaban J connectivity index is 2.27. The zero-order chi connectivity index (χ0) is 9.42. The van der Waals surface area contributed by atoms with Gasteiger partial charge in [0.2, 0.25) is 0 Å². The molecule has 0 radical (unpaired) electrons. The molecule has 2 rings (SSSR count). The number of aliphatic hydroxyl groups excluding tert-OH is 1. The van der Waals surface area contributed by atoms with Gasteiger partial charge >= 0.3 is 0 Å². The molecule has 0 aromatic rings. The number of fused-ring (bicyclic) bond motifs is 1. The molecule has 0 saturated carbocycles. The minimum atomic E-state index is -0.198. The first-order valence-corrected chi connectivity index (χ1v) is 5.26. The fourth-order valence-corrected chi connectivity index (χ4v) is 2.50. The van der Waals surface area contributed by atoms with Crippen molar-refractivity contribution in [2.24, 2.45) is 17.8 Å². The van der Waals surface area contributed by atoms with Crippen molar-refractivity contribution in [3.63, 3.8) is 0 Å². The molecular formula is C12H18O. The maximum absolute atomic E-state index is 9.49. The van der Waals surface area contributed by atoms with Crippen molar-refractivity contribution in [3.8, 4) is 0 Å². The summed E-state index contributed by atoms with van der Waals surface area (Å²) >= 11 is 0. The van der Waals surface area contributed by atoms with Crippen LogP contribution < -0.4 is 0 Å². The summed E-state index contributed by atoms with van der Waals surface area (Å²) in [4.78, 5) is 0. The van der Waals surface area contributed by atoms with Crippen LogP contribution in [0.2, 0.25) is 0 Å². The van der Waals surface area contributed by atoms with E-state index in [1.807, 2.05) is 6.08 Å². The zero-order valence-electron chi connectivity index (χ0n) is 8.40. The van der Waals surface area contributed by atoms with Gasteiger partial charge in [-0.15, -0.1) is 0 Å². The van der Waals surface area contributed by atoms with E-state index in [9.17, 15) is 5.11 Å². The Morgan fingerprint density at radius 3 is 2.85 bits per heavy atom. The predicted molar refractivity (Wildman–Crippen MR) is 54.3 cm³/mol. The Hall–Kier alpha value is -0.560. The normalized spacial score (nSPS) is 44.1. The van der Waals surface area contributed by atoms with Crippen molar-refractivity contribution in [3.05, 3.63) is 23.8 Å². The van der Waals surface area contributed by atoms with Gasteiger partial charge < -0.3 is 5.11 Å². The Morgan fingerprint density at radius 1 is 1.31 bits per heavy atom. The van der Waals surface area contributed by atoms with Crippen molar-refractivity contribution in [2.45, 2.75) is 32.8 Å². The standard InChI is InChI=1S/C12H18O/c1-8-3-4-10-7-11(13)5-6-12(10)9(8)2/h3-4,7-9,11-13H,5-6H2,1-2H3. The molecule has 1 N–H and O–H groups in total. The molecular weight excluding hydrogens is 160 g/mol. The van der Waals surface area contributed by atoms with E-state index in [4.69, 9.17) is 0 Å². The molecule has 2 aliphatic carbocycles. The molecule has 0 amide bonds. The summed E-state index contributed by atoms with van der Waals surface area (Å²) in [5.74, 6) is 2.13. The largest absolute Gasteiger partial charge is 0.389 e. The van der Waals surface area contributed by atoms with Gasteiger partial charge in [0.15, 0.2) is 0 Å². The molecule has 1 nitrogen and oxygen atoms in total. The first-order valence-electron chi connectivity index (χ1n) is 5.26. The highest BCUT2D eigenvalue weighted by molar-refractivity contribution is 5.29. The van der Waals surface area contributed by atoms with Crippen LogP contribution in [0.25, 0.3) is 0 Å². The average Bonchev–Trinajstić information content (AvgIpc) is 2.12. The quantitative estimate of drug-likeness (QED) is 0.604. The molecule has 1 heteroatoms. The van der Waals surface area contributed by atoms with Gasteiger partial charge in [-0.2, -0.15) is 0 Å². The lowest BCUT2D eigenvalue weighted by atomic mass is 9.70. The first-order chi connectivity index (χ1) is 6.18. The third-order valence-corrected chi connectivity index (χ3v) is 3.64. The highest BCUT2D eigenvalue weighted by Gasteiger charge is 2.30. The summed E-state index contributed by atoms with van der Waals surface area (Å²) < 4.78 is 0. The van der Waals surface area contributed by atoms with Gasteiger partial charge in [0.25, 0.3) is 0 Å². The van der Waals surface area contributed by atoms with E-state index in [0.29, 0.717) is 11.8 Å². The highest BCUT2D eigenvalue weighted by Crippen LogP contribution is 2.39. The third-order valence-electron chi connectivity index (χ3n) is 3.64. The lowest BCUT2D eigenvalue weighted by Gasteiger charge is -2.35. The molecule has 0 aromatic carbocycles. The van der Waals surface area contributed by atoms with Crippen LogP contribution in [0, 0.1) is 17.8 Å². The van der Waals surface area contributed by atoms with Crippen LogP contribution in [-0.4, -0.2) is 11.2 Å². The molecule has 0 aliphatic heterocycles. The molecule has 0 bridgehead atoms. The molecule has 0 heterocycles. The van der Waals surface area contributed by atoms with Crippen LogP contribution in [0.15, 0.2) is 23.8 Å². The van der Waals surface area contributed by atoms with Crippen molar-refractivity contribution >= 4 is 0 Å². The molecule has 0 spiro atoms. The fourth-order valence-electron chi connectivity index (χ4n) is 2.50. The van der Waals surface area contributed by atoms with Crippen LogP contribution in [0.1, 0.15) is 26.7 Å². The van der Waals surface area contributed by atoms with Crippen LogP contribution in [0.3, 0.4) is 0 Å². The predicted octanol–water partition coefficient (Wildman–Crippen LogP) is 2.53. The second-order valence-electron chi connectivity index (χ2n) is 4.50. The summed E-state index contributed by atoms with van der Waals surface area (Å²) in [5.41, 5.74) is 1.37. The lowest BCUT2D eigenvalue weighted by Crippen LogP contribution is -2.27. The van der Waals surface area contributed by atoms with Crippen LogP contribution >= 0.6 is 0 Å². The van der Waals surface area contributed by atoms with Gasteiger partial charge in [-0.3, -0.25) is 0 Å².